The molecule has 0 aromatic heterocycles. The van der Waals surface area contributed by atoms with E-state index >= 15 is 0 Å². The first-order valence-corrected chi connectivity index (χ1v) is 11.8. The van der Waals surface area contributed by atoms with E-state index in [1.807, 2.05) is 12.1 Å². The lowest BCUT2D eigenvalue weighted by Crippen LogP contribution is -2.03. The molecular formula is C26H44O. The van der Waals surface area contributed by atoms with Crippen molar-refractivity contribution >= 4 is 5.78 Å². The van der Waals surface area contributed by atoms with Crippen LogP contribution < -0.4 is 0 Å². The van der Waals surface area contributed by atoms with Gasteiger partial charge in [0.2, 0.25) is 0 Å². The quantitative estimate of drug-likeness (QED) is 0.236. The number of Topliss-reactive ketones (excluding diaryl/α,β-unsaturated/α-hetero) is 1. The molecular weight excluding hydrogens is 328 g/mol. The summed E-state index contributed by atoms with van der Waals surface area (Å²) in [5.74, 6) is 0.402. The summed E-state index contributed by atoms with van der Waals surface area (Å²) in [4.78, 5) is 12.1. The van der Waals surface area contributed by atoms with Gasteiger partial charge in [0.25, 0.3) is 0 Å². The Kier molecular flexibility index (Phi) is 15.1. The Hall–Kier alpha value is -1.11. The number of aryl methyl sites for hydroxylation is 1. The number of benzene rings is 1. The van der Waals surface area contributed by atoms with Gasteiger partial charge in [-0.15, -0.1) is 0 Å². The lowest BCUT2D eigenvalue weighted by molar-refractivity contribution is -0.118. The fourth-order valence-corrected chi connectivity index (χ4v) is 3.80. The van der Waals surface area contributed by atoms with Gasteiger partial charge in [0.1, 0.15) is 5.78 Å². The van der Waals surface area contributed by atoms with Crippen LogP contribution in [0, 0.1) is 6.92 Å². The van der Waals surface area contributed by atoms with E-state index < -0.39 is 0 Å². The van der Waals surface area contributed by atoms with Crippen LogP contribution >= 0.6 is 0 Å². The van der Waals surface area contributed by atoms with Crippen LogP contribution in [0.15, 0.2) is 24.3 Å². The molecule has 1 heteroatoms. The Balaban J connectivity index is 1.82. The standard InChI is InChI=1S/C26H44O/c1-3-4-5-6-7-8-9-10-11-12-13-14-15-16-17-22-26(27)23-25-21-19-18-20-24(25)2/h18-21H,3-17,22-23H2,1-2H3. The zero-order valence-corrected chi connectivity index (χ0v) is 18.2. The van der Waals surface area contributed by atoms with Gasteiger partial charge in [-0.25, -0.2) is 0 Å². The Morgan fingerprint density at radius 2 is 1.11 bits per heavy atom. The van der Waals surface area contributed by atoms with Crippen LogP contribution in [0.2, 0.25) is 0 Å². The van der Waals surface area contributed by atoms with Gasteiger partial charge in [0.05, 0.1) is 0 Å². The van der Waals surface area contributed by atoms with Gasteiger partial charge in [-0.05, 0) is 24.5 Å². The highest BCUT2D eigenvalue weighted by atomic mass is 16.1. The third kappa shape index (κ3) is 13.7. The molecule has 0 aliphatic heterocycles. The first-order chi connectivity index (χ1) is 13.2. The molecule has 0 amide bonds. The minimum absolute atomic E-state index is 0.402. The minimum atomic E-state index is 0.402. The molecule has 1 aromatic carbocycles. The molecule has 0 aliphatic carbocycles. The molecule has 0 spiro atoms. The van der Waals surface area contributed by atoms with Crippen molar-refractivity contribution in [2.45, 2.75) is 123 Å². The molecule has 0 aliphatic rings. The molecule has 0 unspecified atom stereocenters. The molecule has 1 rings (SSSR count). The van der Waals surface area contributed by atoms with E-state index in [2.05, 4.69) is 26.0 Å². The largest absolute Gasteiger partial charge is 0.299 e. The first kappa shape index (κ1) is 23.9. The van der Waals surface area contributed by atoms with Gasteiger partial charge < -0.3 is 0 Å². The zero-order valence-electron chi connectivity index (χ0n) is 18.2. The Bertz CT molecular complexity index is 477. The monoisotopic (exact) mass is 372 g/mol. The van der Waals surface area contributed by atoms with Crippen molar-refractivity contribution in [3.63, 3.8) is 0 Å². The summed E-state index contributed by atoms with van der Waals surface area (Å²) in [6.45, 7) is 4.38. The number of carbonyl (C=O) groups excluding carboxylic acids is 1. The summed E-state index contributed by atoms with van der Waals surface area (Å²) >= 11 is 0. The van der Waals surface area contributed by atoms with E-state index in [4.69, 9.17) is 0 Å². The molecule has 1 nitrogen and oxygen atoms in total. The number of unbranched alkanes of at least 4 members (excludes halogenated alkanes) is 14. The molecule has 0 heterocycles. The Morgan fingerprint density at radius 3 is 1.59 bits per heavy atom. The summed E-state index contributed by atoms with van der Waals surface area (Å²) < 4.78 is 0. The third-order valence-corrected chi connectivity index (χ3v) is 5.71. The summed E-state index contributed by atoms with van der Waals surface area (Å²) in [7, 11) is 0. The van der Waals surface area contributed by atoms with Crippen molar-refractivity contribution in [1.29, 1.82) is 0 Å². The lowest BCUT2D eigenvalue weighted by atomic mass is 10.00. The Morgan fingerprint density at radius 1 is 0.667 bits per heavy atom. The molecule has 1 aromatic rings. The average molecular weight is 373 g/mol. The van der Waals surface area contributed by atoms with Crippen LogP contribution in [-0.4, -0.2) is 5.78 Å². The number of rotatable bonds is 18. The normalized spacial score (nSPS) is 11.0. The summed E-state index contributed by atoms with van der Waals surface area (Å²) in [5.41, 5.74) is 2.44. The summed E-state index contributed by atoms with van der Waals surface area (Å²) in [6, 6.07) is 8.25. The van der Waals surface area contributed by atoms with Crippen molar-refractivity contribution in [3.05, 3.63) is 35.4 Å². The molecule has 0 saturated carbocycles. The van der Waals surface area contributed by atoms with Gasteiger partial charge >= 0.3 is 0 Å². The highest BCUT2D eigenvalue weighted by Crippen LogP contribution is 2.14. The van der Waals surface area contributed by atoms with E-state index in [0.29, 0.717) is 12.2 Å². The van der Waals surface area contributed by atoms with E-state index in [1.54, 1.807) is 0 Å². The fraction of sp³-hybridized carbons (Fsp3) is 0.731. The van der Waals surface area contributed by atoms with Gasteiger partial charge in [-0.2, -0.15) is 0 Å². The van der Waals surface area contributed by atoms with Crippen LogP contribution in [0.3, 0.4) is 0 Å². The Labute approximate surface area is 169 Å². The maximum atomic E-state index is 12.1. The third-order valence-electron chi connectivity index (χ3n) is 5.71. The van der Waals surface area contributed by atoms with Crippen molar-refractivity contribution in [2.24, 2.45) is 0 Å². The molecule has 0 bridgehead atoms. The second kappa shape index (κ2) is 17.0. The molecule has 0 saturated heterocycles. The van der Waals surface area contributed by atoms with Gasteiger partial charge in [-0.1, -0.05) is 121 Å². The maximum Gasteiger partial charge on any atom is 0.137 e. The second-order valence-corrected chi connectivity index (χ2v) is 8.34. The van der Waals surface area contributed by atoms with Crippen molar-refractivity contribution in [2.75, 3.05) is 0 Å². The van der Waals surface area contributed by atoms with Crippen molar-refractivity contribution in [1.82, 2.24) is 0 Å². The molecule has 0 radical (unpaired) electrons. The lowest BCUT2D eigenvalue weighted by Gasteiger charge is -2.05. The predicted octanol–water partition coefficient (Wildman–Crippen LogP) is 8.37. The molecule has 154 valence electrons. The maximum absolute atomic E-state index is 12.1. The molecule has 0 N–H and O–H groups in total. The van der Waals surface area contributed by atoms with Crippen molar-refractivity contribution < 1.29 is 4.79 Å². The van der Waals surface area contributed by atoms with E-state index in [0.717, 1.165) is 12.8 Å². The van der Waals surface area contributed by atoms with Crippen molar-refractivity contribution in [3.8, 4) is 0 Å². The number of hydrogen-bond acceptors (Lipinski definition) is 1. The predicted molar refractivity (Wildman–Crippen MR) is 119 cm³/mol. The first-order valence-electron chi connectivity index (χ1n) is 11.8. The summed E-state index contributed by atoms with van der Waals surface area (Å²) in [6.07, 6.45) is 21.9. The molecule has 0 atom stereocenters. The summed E-state index contributed by atoms with van der Waals surface area (Å²) in [5, 5.41) is 0. The van der Waals surface area contributed by atoms with E-state index in [1.165, 1.54) is 101 Å². The topological polar surface area (TPSA) is 17.1 Å². The van der Waals surface area contributed by atoms with E-state index in [9.17, 15) is 4.79 Å². The van der Waals surface area contributed by atoms with E-state index in [-0.39, 0.29) is 0 Å². The highest BCUT2D eigenvalue weighted by Gasteiger charge is 2.05. The smallest absolute Gasteiger partial charge is 0.137 e. The van der Waals surface area contributed by atoms with Gasteiger partial charge in [0, 0.05) is 12.8 Å². The van der Waals surface area contributed by atoms with Crippen LogP contribution in [-0.2, 0) is 11.2 Å². The molecule has 27 heavy (non-hydrogen) atoms. The zero-order chi connectivity index (χ0) is 19.6. The van der Waals surface area contributed by atoms with Crippen LogP contribution in [0.25, 0.3) is 0 Å². The number of carbonyl (C=O) groups is 1. The second-order valence-electron chi connectivity index (χ2n) is 8.34. The van der Waals surface area contributed by atoms with Crippen LogP contribution in [0.1, 0.15) is 121 Å². The SMILES string of the molecule is CCCCCCCCCCCCCCCCCC(=O)Cc1ccccc1C. The molecule has 0 fully saturated rings. The van der Waals surface area contributed by atoms with Crippen LogP contribution in [0.5, 0.6) is 0 Å². The van der Waals surface area contributed by atoms with Gasteiger partial charge in [-0.3, -0.25) is 4.79 Å². The fourth-order valence-electron chi connectivity index (χ4n) is 3.80. The minimum Gasteiger partial charge on any atom is -0.299 e. The van der Waals surface area contributed by atoms with Crippen LogP contribution in [0.4, 0.5) is 0 Å². The highest BCUT2D eigenvalue weighted by molar-refractivity contribution is 5.81. The average Bonchev–Trinajstić information content (AvgIpc) is 2.66. The number of hydrogen-bond donors (Lipinski definition) is 0. The number of ketones is 1. The van der Waals surface area contributed by atoms with Gasteiger partial charge in [0.15, 0.2) is 0 Å².